The second-order valence-corrected chi connectivity index (χ2v) is 5.40. The number of nitrogens with zero attached hydrogens (tertiary/aromatic N) is 1. The summed E-state index contributed by atoms with van der Waals surface area (Å²) in [6.45, 7) is 0. The summed E-state index contributed by atoms with van der Waals surface area (Å²) in [7, 11) is 0. The highest BCUT2D eigenvalue weighted by Gasteiger charge is 2.15. The molecule has 0 aliphatic heterocycles. The van der Waals surface area contributed by atoms with Crippen molar-refractivity contribution < 1.29 is 0 Å². The molecule has 1 aromatic heterocycles. The van der Waals surface area contributed by atoms with Crippen molar-refractivity contribution in [3.05, 3.63) is 75.9 Å². The summed E-state index contributed by atoms with van der Waals surface area (Å²) in [6.07, 6.45) is 1.77. The molecule has 3 aromatic rings. The van der Waals surface area contributed by atoms with Crippen LogP contribution in [0.15, 0.2) is 54.7 Å². The Morgan fingerprint density at radius 3 is 2.60 bits per heavy atom. The molecule has 2 nitrogen and oxygen atoms in total. The van der Waals surface area contributed by atoms with Gasteiger partial charge in [-0.3, -0.25) is 4.98 Å². The molecule has 20 heavy (non-hydrogen) atoms. The van der Waals surface area contributed by atoms with Crippen LogP contribution in [0.1, 0.15) is 17.2 Å². The number of aromatic nitrogens is 1. The highest BCUT2D eigenvalue weighted by Crippen LogP contribution is 2.31. The van der Waals surface area contributed by atoms with Gasteiger partial charge in [-0.2, -0.15) is 0 Å². The van der Waals surface area contributed by atoms with Gasteiger partial charge in [0.05, 0.1) is 11.6 Å². The molecule has 0 spiro atoms. The smallest absolute Gasteiger partial charge is 0.0705 e. The van der Waals surface area contributed by atoms with E-state index in [1.807, 2.05) is 36.4 Å². The van der Waals surface area contributed by atoms with Gasteiger partial charge in [0, 0.05) is 21.6 Å². The Morgan fingerprint density at radius 2 is 1.80 bits per heavy atom. The molecule has 0 fully saturated rings. The van der Waals surface area contributed by atoms with Crippen LogP contribution in [0.25, 0.3) is 10.9 Å². The van der Waals surface area contributed by atoms with Crippen LogP contribution in [0.3, 0.4) is 0 Å². The quantitative estimate of drug-likeness (QED) is 0.752. The molecular weight excluding hydrogens is 291 g/mol. The van der Waals surface area contributed by atoms with E-state index in [2.05, 4.69) is 4.98 Å². The van der Waals surface area contributed by atoms with E-state index in [9.17, 15) is 0 Å². The molecular formula is C16H12Cl2N2. The molecule has 0 amide bonds. The van der Waals surface area contributed by atoms with E-state index in [1.165, 1.54) is 0 Å². The minimum absolute atomic E-state index is 0.312. The van der Waals surface area contributed by atoms with Crippen LogP contribution in [0.4, 0.5) is 0 Å². The molecule has 1 atom stereocenters. The zero-order valence-electron chi connectivity index (χ0n) is 10.6. The standard InChI is InChI=1S/C16H12Cl2N2/c17-10-6-7-13(14(18)9-10)16(19)12-3-1-5-15-11(12)4-2-8-20-15/h1-9,16H,19H2. The molecule has 100 valence electrons. The van der Waals surface area contributed by atoms with Crippen molar-refractivity contribution in [3.8, 4) is 0 Å². The van der Waals surface area contributed by atoms with Crippen LogP contribution in [0.2, 0.25) is 10.0 Å². The third kappa shape index (κ3) is 2.38. The average Bonchev–Trinajstić information content (AvgIpc) is 2.46. The maximum atomic E-state index is 6.38. The fourth-order valence-electron chi connectivity index (χ4n) is 2.32. The maximum Gasteiger partial charge on any atom is 0.0705 e. The lowest BCUT2D eigenvalue weighted by Gasteiger charge is -2.16. The van der Waals surface area contributed by atoms with Crippen LogP contribution in [-0.4, -0.2) is 4.98 Å². The van der Waals surface area contributed by atoms with Crippen molar-refractivity contribution in [1.82, 2.24) is 4.98 Å². The van der Waals surface area contributed by atoms with Crippen molar-refractivity contribution in [2.24, 2.45) is 5.73 Å². The first kappa shape index (κ1) is 13.4. The lowest BCUT2D eigenvalue weighted by atomic mass is 9.96. The molecule has 2 aromatic carbocycles. The lowest BCUT2D eigenvalue weighted by Crippen LogP contribution is -2.13. The van der Waals surface area contributed by atoms with Gasteiger partial charge < -0.3 is 5.73 Å². The van der Waals surface area contributed by atoms with E-state index in [0.717, 1.165) is 22.0 Å². The SMILES string of the molecule is NC(c1ccc(Cl)cc1Cl)c1cccc2ncccc12. The van der Waals surface area contributed by atoms with Crippen LogP contribution >= 0.6 is 23.2 Å². The summed E-state index contributed by atoms with van der Waals surface area (Å²) in [5.41, 5.74) is 9.15. The summed E-state index contributed by atoms with van der Waals surface area (Å²) in [4.78, 5) is 4.34. The summed E-state index contributed by atoms with van der Waals surface area (Å²) in [5, 5.41) is 2.21. The van der Waals surface area contributed by atoms with E-state index in [0.29, 0.717) is 10.0 Å². The number of rotatable bonds is 2. The second kappa shape index (κ2) is 5.41. The first-order valence-electron chi connectivity index (χ1n) is 6.21. The second-order valence-electron chi connectivity index (χ2n) is 4.56. The predicted octanol–water partition coefficient (Wildman–Crippen LogP) is 4.59. The zero-order chi connectivity index (χ0) is 14.1. The Hall–Kier alpha value is -1.61. The van der Waals surface area contributed by atoms with E-state index < -0.39 is 0 Å². The van der Waals surface area contributed by atoms with Crippen molar-refractivity contribution in [2.45, 2.75) is 6.04 Å². The molecule has 2 N–H and O–H groups in total. The van der Waals surface area contributed by atoms with Crippen molar-refractivity contribution >= 4 is 34.1 Å². The first-order chi connectivity index (χ1) is 9.66. The van der Waals surface area contributed by atoms with Crippen molar-refractivity contribution in [2.75, 3.05) is 0 Å². The van der Waals surface area contributed by atoms with Gasteiger partial charge in [0.15, 0.2) is 0 Å². The van der Waals surface area contributed by atoms with Gasteiger partial charge in [0.25, 0.3) is 0 Å². The molecule has 1 unspecified atom stereocenters. The molecule has 0 aliphatic carbocycles. The topological polar surface area (TPSA) is 38.9 Å². The van der Waals surface area contributed by atoms with Gasteiger partial charge in [-0.05, 0) is 35.4 Å². The van der Waals surface area contributed by atoms with Gasteiger partial charge >= 0.3 is 0 Å². The number of fused-ring (bicyclic) bond motifs is 1. The summed E-state index contributed by atoms with van der Waals surface area (Å²) < 4.78 is 0. The van der Waals surface area contributed by atoms with Gasteiger partial charge in [-0.15, -0.1) is 0 Å². The van der Waals surface area contributed by atoms with Crippen LogP contribution < -0.4 is 5.73 Å². The van der Waals surface area contributed by atoms with Gasteiger partial charge in [-0.25, -0.2) is 0 Å². The van der Waals surface area contributed by atoms with E-state index in [1.54, 1.807) is 18.3 Å². The Kier molecular flexibility index (Phi) is 3.62. The lowest BCUT2D eigenvalue weighted by molar-refractivity contribution is 0.880. The van der Waals surface area contributed by atoms with Gasteiger partial charge in [-0.1, -0.05) is 47.5 Å². The largest absolute Gasteiger partial charge is 0.320 e. The van der Waals surface area contributed by atoms with Crippen LogP contribution in [-0.2, 0) is 0 Å². The Balaban J connectivity index is 2.15. The number of halogens is 2. The van der Waals surface area contributed by atoms with E-state index in [4.69, 9.17) is 28.9 Å². The fraction of sp³-hybridized carbons (Fsp3) is 0.0625. The third-order valence-corrected chi connectivity index (χ3v) is 3.87. The molecule has 0 saturated carbocycles. The normalized spacial score (nSPS) is 12.6. The minimum atomic E-state index is -0.312. The van der Waals surface area contributed by atoms with E-state index >= 15 is 0 Å². The van der Waals surface area contributed by atoms with E-state index in [-0.39, 0.29) is 6.04 Å². The molecule has 4 heteroatoms. The zero-order valence-corrected chi connectivity index (χ0v) is 12.1. The van der Waals surface area contributed by atoms with Crippen LogP contribution in [0, 0.1) is 0 Å². The molecule has 3 rings (SSSR count). The minimum Gasteiger partial charge on any atom is -0.320 e. The van der Waals surface area contributed by atoms with Gasteiger partial charge in [0.1, 0.15) is 0 Å². The van der Waals surface area contributed by atoms with Crippen molar-refractivity contribution in [1.29, 1.82) is 0 Å². The molecule has 0 radical (unpaired) electrons. The summed E-state index contributed by atoms with van der Waals surface area (Å²) in [6, 6.07) is 14.9. The number of hydrogen-bond acceptors (Lipinski definition) is 2. The maximum absolute atomic E-state index is 6.38. The number of benzene rings is 2. The summed E-state index contributed by atoms with van der Waals surface area (Å²) >= 11 is 12.2. The number of pyridine rings is 1. The Labute approximate surface area is 127 Å². The Morgan fingerprint density at radius 1 is 0.950 bits per heavy atom. The predicted molar refractivity (Wildman–Crippen MR) is 84.2 cm³/mol. The van der Waals surface area contributed by atoms with Crippen LogP contribution in [0.5, 0.6) is 0 Å². The molecule has 0 aliphatic rings. The summed E-state index contributed by atoms with van der Waals surface area (Å²) in [5.74, 6) is 0. The molecule has 1 heterocycles. The highest BCUT2D eigenvalue weighted by atomic mass is 35.5. The number of hydrogen-bond donors (Lipinski definition) is 1. The monoisotopic (exact) mass is 302 g/mol. The van der Waals surface area contributed by atoms with Crippen molar-refractivity contribution in [3.63, 3.8) is 0 Å². The Bertz CT molecular complexity index is 766. The number of nitrogens with two attached hydrogens (primary N) is 1. The average molecular weight is 303 g/mol. The third-order valence-electron chi connectivity index (χ3n) is 3.31. The molecule has 0 saturated heterocycles. The highest BCUT2D eigenvalue weighted by molar-refractivity contribution is 6.35. The fourth-order valence-corrected chi connectivity index (χ4v) is 2.85. The first-order valence-corrected chi connectivity index (χ1v) is 6.96. The molecule has 0 bridgehead atoms. The van der Waals surface area contributed by atoms with Gasteiger partial charge in [0.2, 0.25) is 0 Å².